The molecule has 2 N–H and O–H groups in total. The van der Waals surface area contributed by atoms with Gasteiger partial charge in [-0.25, -0.2) is 4.98 Å². The molecule has 1 atom stereocenters. The maximum absolute atomic E-state index is 9.37. The zero-order valence-corrected chi connectivity index (χ0v) is 9.98. The number of hydrogen-bond acceptors (Lipinski definition) is 4. The van der Waals surface area contributed by atoms with Crippen LogP contribution in [0.3, 0.4) is 0 Å². The summed E-state index contributed by atoms with van der Waals surface area (Å²) in [5.41, 5.74) is 2.05. The summed E-state index contributed by atoms with van der Waals surface area (Å²) in [5.74, 6) is 0.996. The second kappa shape index (κ2) is 4.76. The van der Waals surface area contributed by atoms with Crippen molar-refractivity contribution in [3.05, 3.63) is 17.2 Å². The largest absolute Gasteiger partial charge is 0.390 e. The Bertz CT molecular complexity index is 397. The minimum atomic E-state index is 0.0372. The lowest BCUT2D eigenvalue weighted by molar-refractivity contribution is 0.0195. The van der Waals surface area contributed by atoms with Crippen LogP contribution in [0, 0.1) is 0 Å². The maximum Gasteiger partial charge on any atom is 0.139 e. The monoisotopic (exact) mass is 237 g/mol. The fourth-order valence-electron chi connectivity index (χ4n) is 2.75. The predicted octanol–water partition coefficient (Wildman–Crippen LogP) is 0.373. The van der Waals surface area contributed by atoms with E-state index in [0.29, 0.717) is 0 Å². The molecule has 1 unspecified atom stereocenters. The van der Waals surface area contributed by atoms with Gasteiger partial charge in [0.25, 0.3) is 0 Å². The first-order valence-corrected chi connectivity index (χ1v) is 6.41. The summed E-state index contributed by atoms with van der Waals surface area (Å²) in [6, 6.07) is 0. The number of hydrogen-bond donors (Lipinski definition) is 2. The molecule has 0 bridgehead atoms. The summed E-state index contributed by atoms with van der Waals surface area (Å²) in [6.45, 7) is 3.52. The van der Waals surface area contributed by atoms with Gasteiger partial charge in [-0.15, -0.1) is 0 Å². The van der Waals surface area contributed by atoms with Gasteiger partial charge in [0.1, 0.15) is 11.9 Å². The van der Waals surface area contributed by atoms with Gasteiger partial charge >= 0.3 is 0 Å². The van der Waals surface area contributed by atoms with Crippen LogP contribution in [0.15, 0.2) is 0 Å². The molecule has 0 amide bonds. The second-order valence-corrected chi connectivity index (χ2v) is 4.69. The van der Waals surface area contributed by atoms with Gasteiger partial charge in [0.15, 0.2) is 0 Å². The summed E-state index contributed by atoms with van der Waals surface area (Å²) in [4.78, 5) is 4.58. The Hall–Kier alpha value is -0.910. The highest BCUT2D eigenvalue weighted by molar-refractivity contribution is 5.20. The first-order chi connectivity index (χ1) is 8.40. The molecule has 5 heteroatoms. The van der Waals surface area contributed by atoms with Gasteiger partial charge in [-0.05, 0) is 19.3 Å². The molecule has 1 saturated heterocycles. The molecule has 5 nitrogen and oxygen atoms in total. The minimum absolute atomic E-state index is 0.0372. The molecule has 1 fully saturated rings. The molecule has 0 saturated carbocycles. The molecule has 2 aliphatic heterocycles. The molecule has 1 aromatic rings. The Morgan fingerprint density at radius 1 is 1.47 bits per heavy atom. The van der Waals surface area contributed by atoms with Crippen molar-refractivity contribution in [3.63, 3.8) is 0 Å². The molecular formula is C12H19N3O2. The van der Waals surface area contributed by atoms with Crippen LogP contribution in [0.5, 0.6) is 0 Å². The van der Waals surface area contributed by atoms with Crippen LogP contribution in [0.4, 0.5) is 0 Å². The highest BCUT2D eigenvalue weighted by Crippen LogP contribution is 2.26. The number of ether oxygens (including phenoxy) is 1. The van der Waals surface area contributed by atoms with Gasteiger partial charge in [0.2, 0.25) is 0 Å². The molecule has 0 aliphatic carbocycles. The van der Waals surface area contributed by atoms with Crippen molar-refractivity contribution in [1.82, 2.24) is 14.9 Å². The lowest BCUT2D eigenvalue weighted by Gasteiger charge is -2.25. The van der Waals surface area contributed by atoms with E-state index in [-0.39, 0.29) is 12.7 Å². The third-order valence-electron chi connectivity index (χ3n) is 3.60. The van der Waals surface area contributed by atoms with Crippen molar-refractivity contribution in [2.75, 3.05) is 19.7 Å². The fraction of sp³-hybridized carbons (Fsp3) is 0.750. The van der Waals surface area contributed by atoms with Crippen LogP contribution in [0.25, 0.3) is 0 Å². The molecule has 3 heterocycles. The van der Waals surface area contributed by atoms with E-state index >= 15 is 0 Å². The van der Waals surface area contributed by atoms with Gasteiger partial charge in [-0.1, -0.05) is 0 Å². The summed E-state index contributed by atoms with van der Waals surface area (Å²) < 4.78 is 8.02. The highest BCUT2D eigenvalue weighted by atomic mass is 16.5. The number of rotatable bonds is 2. The van der Waals surface area contributed by atoms with Crippen molar-refractivity contribution in [2.45, 2.75) is 38.5 Å². The number of nitrogens with zero attached hydrogens (tertiary/aromatic N) is 2. The number of aromatic nitrogens is 2. The molecule has 94 valence electrons. The predicted molar refractivity (Wildman–Crippen MR) is 62.7 cm³/mol. The van der Waals surface area contributed by atoms with Gasteiger partial charge in [0, 0.05) is 25.3 Å². The summed E-state index contributed by atoms with van der Waals surface area (Å²) >= 11 is 0. The van der Waals surface area contributed by atoms with E-state index < -0.39 is 0 Å². The quantitative estimate of drug-likeness (QED) is 0.780. The van der Waals surface area contributed by atoms with E-state index in [4.69, 9.17) is 4.74 Å². The summed E-state index contributed by atoms with van der Waals surface area (Å²) in [5, 5.41) is 12.7. The number of morpholine rings is 1. The van der Waals surface area contributed by atoms with E-state index in [2.05, 4.69) is 14.9 Å². The Balaban J connectivity index is 1.95. The Morgan fingerprint density at radius 2 is 2.41 bits per heavy atom. The first-order valence-electron chi connectivity index (χ1n) is 6.41. The van der Waals surface area contributed by atoms with Crippen molar-refractivity contribution in [3.8, 4) is 0 Å². The zero-order chi connectivity index (χ0) is 11.7. The molecule has 2 aliphatic rings. The molecule has 0 aromatic carbocycles. The number of aliphatic hydroxyl groups excluding tert-OH is 1. The van der Waals surface area contributed by atoms with Gasteiger partial charge < -0.3 is 19.7 Å². The average molecular weight is 237 g/mol. The summed E-state index contributed by atoms with van der Waals surface area (Å²) in [7, 11) is 0. The highest BCUT2D eigenvalue weighted by Gasteiger charge is 2.26. The average Bonchev–Trinajstić information content (AvgIpc) is 2.78. The molecule has 3 rings (SSSR count). The number of fused-ring (bicyclic) bond motifs is 1. The van der Waals surface area contributed by atoms with Crippen LogP contribution in [-0.2, 0) is 24.3 Å². The van der Waals surface area contributed by atoms with Gasteiger partial charge in [-0.3, -0.25) is 0 Å². The maximum atomic E-state index is 9.37. The second-order valence-electron chi connectivity index (χ2n) is 4.69. The third-order valence-corrected chi connectivity index (χ3v) is 3.60. The SMILES string of the molecule is OCc1nc(C2CNCCO2)n2c1CCCC2. The Kier molecular flexibility index (Phi) is 3.13. The molecular weight excluding hydrogens is 218 g/mol. The van der Waals surface area contributed by atoms with E-state index in [1.807, 2.05) is 0 Å². The molecule has 0 radical (unpaired) electrons. The fourth-order valence-corrected chi connectivity index (χ4v) is 2.75. The van der Waals surface area contributed by atoms with Crippen molar-refractivity contribution < 1.29 is 9.84 Å². The van der Waals surface area contributed by atoms with Crippen LogP contribution in [-0.4, -0.2) is 34.4 Å². The Morgan fingerprint density at radius 3 is 3.18 bits per heavy atom. The molecule has 1 aromatic heterocycles. The minimum Gasteiger partial charge on any atom is -0.390 e. The van der Waals surface area contributed by atoms with E-state index in [9.17, 15) is 5.11 Å². The normalized spacial score (nSPS) is 24.6. The lowest BCUT2D eigenvalue weighted by Crippen LogP contribution is -2.35. The van der Waals surface area contributed by atoms with Crippen molar-refractivity contribution in [1.29, 1.82) is 0 Å². The van der Waals surface area contributed by atoms with Crippen LogP contribution in [0.2, 0.25) is 0 Å². The van der Waals surface area contributed by atoms with E-state index in [1.165, 1.54) is 18.5 Å². The number of imidazole rings is 1. The zero-order valence-electron chi connectivity index (χ0n) is 9.98. The van der Waals surface area contributed by atoms with E-state index in [0.717, 1.165) is 44.2 Å². The standard InChI is InChI=1S/C12H19N3O2/c16-8-9-10-3-1-2-5-15(10)12(14-9)11-7-13-4-6-17-11/h11,13,16H,1-8H2. The molecule has 0 spiro atoms. The third kappa shape index (κ3) is 1.99. The van der Waals surface area contributed by atoms with Crippen LogP contribution in [0.1, 0.15) is 36.2 Å². The van der Waals surface area contributed by atoms with Crippen molar-refractivity contribution >= 4 is 0 Å². The summed E-state index contributed by atoms with van der Waals surface area (Å²) in [6.07, 6.45) is 3.47. The first kappa shape index (κ1) is 11.2. The van der Waals surface area contributed by atoms with Gasteiger partial charge in [-0.2, -0.15) is 0 Å². The van der Waals surface area contributed by atoms with Crippen molar-refractivity contribution in [2.24, 2.45) is 0 Å². The Labute approximate surface area is 101 Å². The van der Waals surface area contributed by atoms with Gasteiger partial charge in [0.05, 0.1) is 18.9 Å². The van der Waals surface area contributed by atoms with E-state index in [1.54, 1.807) is 0 Å². The number of nitrogens with one attached hydrogen (secondary N) is 1. The lowest BCUT2D eigenvalue weighted by atomic mass is 10.1. The molecule has 17 heavy (non-hydrogen) atoms. The van der Waals surface area contributed by atoms with Crippen LogP contribution >= 0.6 is 0 Å². The smallest absolute Gasteiger partial charge is 0.139 e. The topological polar surface area (TPSA) is 59.3 Å². The van der Waals surface area contributed by atoms with Crippen LogP contribution < -0.4 is 5.32 Å². The number of aliphatic hydroxyl groups is 1.